The first-order valence-corrected chi connectivity index (χ1v) is 8.02. The fraction of sp³-hybridized carbons (Fsp3) is 0. The van der Waals surface area contributed by atoms with Gasteiger partial charge in [-0.1, -0.05) is 24.3 Å². The van der Waals surface area contributed by atoms with E-state index in [4.69, 9.17) is 5.73 Å². The smallest absolute Gasteiger partial charge is 0.296 e. The minimum Gasteiger partial charge on any atom is -0.398 e. The monoisotopic (exact) mass is 327 g/mol. The zero-order chi connectivity index (χ0) is 16.4. The van der Waals surface area contributed by atoms with Gasteiger partial charge in [-0.2, -0.15) is 8.42 Å². The quantitative estimate of drug-likeness (QED) is 0.402. The van der Waals surface area contributed by atoms with Gasteiger partial charge in [-0.05, 0) is 6.07 Å². The van der Waals surface area contributed by atoms with Gasteiger partial charge < -0.3 is 5.73 Å². The summed E-state index contributed by atoms with van der Waals surface area (Å²) in [6.07, 6.45) is 1.19. The maximum atomic E-state index is 12.7. The third-order valence-corrected chi connectivity index (χ3v) is 4.70. The number of aromatic nitrogens is 2. The molecule has 7 nitrogen and oxygen atoms in total. The molecule has 2 aromatic carbocycles. The third-order valence-electron chi connectivity index (χ3n) is 3.84. The number of hydrogen-bond donors (Lipinski definition) is 2. The van der Waals surface area contributed by atoms with Crippen LogP contribution in [0.25, 0.3) is 22.2 Å². The molecule has 0 bridgehead atoms. The lowest BCUT2D eigenvalue weighted by Gasteiger charge is -2.20. The van der Waals surface area contributed by atoms with E-state index in [1.807, 2.05) is 0 Å². The Morgan fingerprint density at radius 1 is 1.09 bits per heavy atom. The van der Waals surface area contributed by atoms with Crippen LogP contribution >= 0.6 is 0 Å². The Labute approximate surface area is 130 Å². The lowest BCUT2D eigenvalue weighted by atomic mass is 9.86. The predicted molar refractivity (Wildman–Crippen MR) is 82.6 cm³/mol. The second-order valence-electron chi connectivity index (χ2n) is 5.13. The van der Waals surface area contributed by atoms with Crippen LogP contribution in [0.5, 0.6) is 0 Å². The first-order chi connectivity index (χ1) is 10.9. The van der Waals surface area contributed by atoms with Crippen LogP contribution in [0.15, 0.2) is 41.6 Å². The molecule has 114 valence electrons. The van der Waals surface area contributed by atoms with E-state index in [9.17, 15) is 17.8 Å². The van der Waals surface area contributed by atoms with Gasteiger partial charge in [0.05, 0.1) is 16.8 Å². The molecule has 0 radical (unpaired) electrons. The van der Waals surface area contributed by atoms with Crippen LogP contribution in [0.4, 0.5) is 5.69 Å². The molecule has 0 fully saturated rings. The van der Waals surface area contributed by atoms with Crippen molar-refractivity contribution in [3.8, 4) is 11.3 Å². The topological polar surface area (TPSA) is 123 Å². The van der Waals surface area contributed by atoms with E-state index >= 15 is 0 Å². The van der Waals surface area contributed by atoms with Gasteiger partial charge in [-0.15, -0.1) is 0 Å². The van der Waals surface area contributed by atoms with Gasteiger partial charge in [0.2, 0.25) is 0 Å². The Kier molecular flexibility index (Phi) is 2.60. The molecular weight excluding hydrogens is 318 g/mol. The van der Waals surface area contributed by atoms with Gasteiger partial charge in [-0.3, -0.25) is 9.35 Å². The molecule has 23 heavy (non-hydrogen) atoms. The van der Waals surface area contributed by atoms with Crippen LogP contribution in [-0.4, -0.2) is 28.7 Å². The highest BCUT2D eigenvalue weighted by Gasteiger charge is 2.31. The van der Waals surface area contributed by atoms with E-state index in [0.29, 0.717) is 16.8 Å². The first kappa shape index (κ1) is 13.8. The van der Waals surface area contributed by atoms with Crippen LogP contribution in [0.3, 0.4) is 0 Å². The maximum absolute atomic E-state index is 12.7. The maximum Gasteiger partial charge on any atom is 0.296 e. The summed E-state index contributed by atoms with van der Waals surface area (Å²) in [6.45, 7) is 0. The number of rotatable bonds is 1. The lowest BCUT2D eigenvalue weighted by Crippen LogP contribution is -2.15. The summed E-state index contributed by atoms with van der Waals surface area (Å²) in [7, 11) is -4.55. The standard InChI is InChI=1S/C15H9N3O4S/c16-9-5-10(23(20,21)22)14-12-11(9)15(19)8-4-2-1-3-7(8)13(12)17-6-18-14/h1-6H,16H2,(H,20,21,22). The highest BCUT2D eigenvalue weighted by atomic mass is 32.2. The van der Waals surface area contributed by atoms with Crippen LogP contribution in [0, 0.1) is 0 Å². The summed E-state index contributed by atoms with van der Waals surface area (Å²) in [4.78, 5) is 20.4. The van der Waals surface area contributed by atoms with Gasteiger partial charge in [0, 0.05) is 22.2 Å². The first-order valence-electron chi connectivity index (χ1n) is 6.58. The predicted octanol–water partition coefficient (Wildman–Crippen LogP) is 1.67. The number of carbonyl (C=O) groups is 1. The van der Waals surface area contributed by atoms with E-state index in [0.717, 1.165) is 6.07 Å². The van der Waals surface area contributed by atoms with E-state index in [1.165, 1.54) is 6.33 Å². The third kappa shape index (κ3) is 1.79. The summed E-state index contributed by atoms with van der Waals surface area (Å²) < 4.78 is 32.6. The molecule has 0 spiro atoms. The molecule has 0 unspecified atom stereocenters. The lowest BCUT2D eigenvalue weighted by molar-refractivity contribution is 0.104. The number of carbonyl (C=O) groups excluding carboxylic acids is 1. The second-order valence-corrected chi connectivity index (χ2v) is 6.52. The molecule has 0 aliphatic heterocycles. The molecule has 0 saturated carbocycles. The number of nitrogen functional groups attached to an aromatic ring is 1. The van der Waals surface area contributed by atoms with Crippen molar-refractivity contribution in [2.45, 2.75) is 4.90 Å². The van der Waals surface area contributed by atoms with Crippen molar-refractivity contribution in [3.63, 3.8) is 0 Å². The van der Waals surface area contributed by atoms with Crippen LogP contribution in [0.2, 0.25) is 0 Å². The molecule has 1 aromatic heterocycles. The number of nitrogens with two attached hydrogens (primary N) is 1. The molecule has 1 aliphatic carbocycles. The summed E-state index contributed by atoms with van der Waals surface area (Å²) >= 11 is 0. The average molecular weight is 327 g/mol. The van der Waals surface area contributed by atoms with Crippen molar-refractivity contribution in [1.82, 2.24) is 9.97 Å². The average Bonchev–Trinajstić information content (AvgIpc) is 2.52. The zero-order valence-electron chi connectivity index (χ0n) is 11.5. The second kappa shape index (κ2) is 4.34. The van der Waals surface area contributed by atoms with E-state index in [1.54, 1.807) is 24.3 Å². The Morgan fingerprint density at radius 2 is 1.78 bits per heavy atom. The van der Waals surface area contributed by atoms with E-state index in [-0.39, 0.29) is 27.9 Å². The van der Waals surface area contributed by atoms with Gasteiger partial charge >= 0.3 is 0 Å². The van der Waals surface area contributed by atoms with Crippen LogP contribution < -0.4 is 5.73 Å². The molecule has 3 aromatic rings. The van der Waals surface area contributed by atoms with Crippen LogP contribution in [0.1, 0.15) is 15.9 Å². The Morgan fingerprint density at radius 3 is 2.48 bits per heavy atom. The molecule has 1 aliphatic rings. The van der Waals surface area contributed by atoms with Crippen molar-refractivity contribution in [1.29, 1.82) is 0 Å². The number of fused-ring (bicyclic) bond motifs is 2. The Bertz CT molecular complexity index is 1120. The summed E-state index contributed by atoms with van der Waals surface area (Å²) in [5.41, 5.74) is 7.41. The van der Waals surface area contributed by atoms with Crippen molar-refractivity contribution < 1.29 is 17.8 Å². The molecule has 4 rings (SSSR count). The van der Waals surface area contributed by atoms with Gasteiger partial charge in [0.15, 0.2) is 5.78 Å². The number of ketones is 1. The summed E-state index contributed by atoms with van der Waals surface area (Å²) in [5, 5.41) is 0.240. The fourth-order valence-corrected chi connectivity index (χ4v) is 3.58. The summed E-state index contributed by atoms with van der Waals surface area (Å²) in [5.74, 6) is -0.327. The highest BCUT2D eigenvalue weighted by Crippen LogP contribution is 2.41. The van der Waals surface area contributed by atoms with Crippen molar-refractivity contribution >= 4 is 32.5 Å². The van der Waals surface area contributed by atoms with Crippen LogP contribution in [-0.2, 0) is 10.1 Å². The molecule has 0 atom stereocenters. The molecule has 1 heterocycles. The Balaban J connectivity index is 2.30. The minimum atomic E-state index is -4.55. The number of benzene rings is 2. The van der Waals surface area contributed by atoms with Crippen molar-refractivity contribution in [2.24, 2.45) is 0 Å². The molecule has 3 N–H and O–H groups in total. The Hall–Kier alpha value is -2.84. The molecular formula is C15H9N3O4S. The van der Waals surface area contributed by atoms with Gasteiger partial charge in [0.1, 0.15) is 11.2 Å². The molecule has 0 amide bonds. The number of hydrogen-bond acceptors (Lipinski definition) is 6. The molecule has 0 saturated heterocycles. The fourth-order valence-electron chi connectivity index (χ4n) is 2.90. The van der Waals surface area contributed by atoms with Gasteiger partial charge in [-0.25, -0.2) is 9.97 Å². The van der Waals surface area contributed by atoms with Crippen molar-refractivity contribution in [3.05, 3.63) is 47.8 Å². The largest absolute Gasteiger partial charge is 0.398 e. The highest BCUT2D eigenvalue weighted by molar-refractivity contribution is 7.86. The minimum absolute atomic E-state index is 0.0236. The van der Waals surface area contributed by atoms with E-state index < -0.39 is 15.0 Å². The molecule has 8 heteroatoms. The zero-order valence-corrected chi connectivity index (χ0v) is 12.3. The van der Waals surface area contributed by atoms with E-state index in [2.05, 4.69) is 9.97 Å². The number of nitrogens with zero attached hydrogens (tertiary/aromatic N) is 2. The number of anilines is 1. The SMILES string of the molecule is Nc1cc(S(=O)(=O)O)c2ncnc3c2c1C(=O)c1ccccc1-3. The normalized spacial score (nSPS) is 13.2. The van der Waals surface area contributed by atoms with Gasteiger partial charge in [0.25, 0.3) is 10.1 Å². The summed E-state index contributed by atoms with van der Waals surface area (Å²) in [6, 6.07) is 7.90. The van der Waals surface area contributed by atoms with Crippen molar-refractivity contribution in [2.75, 3.05) is 5.73 Å².